The lowest BCUT2D eigenvalue weighted by Gasteiger charge is -2.20. The number of H-pyrrole nitrogens is 1. The topological polar surface area (TPSA) is 85.5 Å². The third-order valence-corrected chi connectivity index (χ3v) is 3.15. The second-order valence-electron chi connectivity index (χ2n) is 4.76. The first-order valence-electron chi connectivity index (χ1n) is 6.77. The van der Waals surface area contributed by atoms with Crippen molar-refractivity contribution in [3.05, 3.63) is 29.7 Å². The van der Waals surface area contributed by atoms with E-state index < -0.39 is 0 Å². The van der Waals surface area contributed by atoms with Crippen LogP contribution in [0, 0.1) is 6.92 Å². The molecule has 0 aliphatic heterocycles. The summed E-state index contributed by atoms with van der Waals surface area (Å²) in [7, 11) is 0. The molecule has 2 rings (SSSR count). The summed E-state index contributed by atoms with van der Waals surface area (Å²) in [6, 6.07) is 3.83. The minimum Gasteiger partial charge on any atom is -0.460 e. The molecule has 6 heteroatoms. The lowest BCUT2D eigenvalue weighted by Crippen LogP contribution is -2.28. The Hall–Kier alpha value is -1.63. The highest BCUT2D eigenvalue weighted by Crippen LogP contribution is 2.24. The number of hydrogen-bond acceptors (Lipinski definition) is 5. The monoisotopic (exact) mass is 279 g/mol. The van der Waals surface area contributed by atoms with E-state index in [2.05, 4.69) is 15.1 Å². The van der Waals surface area contributed by atoms with Gasteiger partial charge in [-0.25, -0.2) is 0 Å². The van der Waals surface area contributed by atoms with Gasteiger partial charge in [-0.15, -0.1) is 0 Å². The number of aliphatic hydroxyl groups excluding tert-OH is 2. The van der Waals surface area contributed by atoms with Gasteiger partial charge in [0.05, 0.1) is 12.8 Å². The highest BCUT2D eigenvalue weighted by atomic mass is 16.3. The Balaban J connectivity index is 2.10. The molecule has 0 bridgehead atoms. The quantitative estimate of drug-likeness (QED) is 0.675. The zero-order chi connectivity index (χ0) is 14.4. The van der Waals surface area contributed by atoms with Crippen LogP contribution >= 0.6 is 0 Å². The van der Waals surface area contributed by atoms with Gasteiger partial charge >= 0.3 is 0 Å². The number of aromatic nitrogens is 2. The molecule has 20 heavy (non-hydrogen) atoms. The molecule has 0 radical (unpaired) electrons. The molecule has 0 unspecified atom stereocenters. The van der Waals surface area contributed by atoms with Crippen LogP contribution in [-0.4, -0.2) is 51.6 Å². The highest BCUT2D eigenvalue weighted by molar-refractivity contribution is 5.56. The van der Waals surface area contributed by atoms with E-state index in [-0.39, 0.29) is 13.2 Å². The van der Waals surface area contributed by atoms with Crippen molar-refractivity contribution in [3.63, 3.8) is 0 Å². The van der Waals surface area contributed by atoms with E-state index in [4.69, 9.17) is 14.6 Å². The van der Waals surface area contributed by atoms with Crippen LogP contribution < -0.4 is 0 Å². The molecule has 0 spiro atoms. The Bertz CT molecular complexity index is 521. The van der Waals surface area contributed by atoms with E-state index in [0.29, 0.717) is 19.5 Å². The van der Waals surface area contributed by atoms with Gasteiger partial charge in [0.1, 0.15) is 11.5 Å². The number of rotatable bonds is 8. The standard InChI is InChI=1S/C14H21N3O3/c1-11-3-4-13(20-11)14-12(9-15-16-14)10-17(6-8-19)5-2-7-18/h3-4,9,18-19H,2,5-8,10H2,1H3,(H,15,16). The fourth-order valence-corrected chi connectivity index (χ4v) is 2.16. The number of aryl methyl sites for hydroxylation is 1. The van der Waals surface area contributed by atoms with E-state index in [9.17, 15) is 0 Å². The van der Waals surface area contributed by atoms with Gasteiger partial charge in [0.15, 0.2) is 5.76 Å². The normalized spacial score (nSPS) is 11.4. The predicted molar refractivity (Wildman–Crippen MR) is 75.1 cm³/mol. The molecule has 0 amide bonds. The van der Waals surface area contributed by atoms with Gasteiger partial charge < -0.3 is 14.6 Å². The van der Waals surface area contributed by atoms with Crippen LogP contribution in [0.25, 0.3) is 11.5 Å². The molecule has 3 N–H and O–H groups in total. The Morgan fingerprint density at radius 3 is 2.75 bits per heavy atom. The molecule has 0 atom stereocenters. The summed E-state index contributed by atoms with van der Waals surface area (Å²) in [5.74, 6) is 1.62. The molecule has 0 aliphatic carbocycles. The summed E-state index contributed by atoms with van der Waals surface area (Å²) >= 11 is 0. The molecule has 110 valence electrons. The van der Waals surface area contributed by atoms with Crippen molar-refractivity contribution < 1.29 is 14.6 Å². The molecule has 2 heterocycles. The van der Waals surface area contributed by atoms with Crippen LogP contribution in [-0.2, 0) is 6.54 Å². The van der Waals surface area contributed by atoms with E-state index in [1.54, 1.807) is 6.20 Å². The molecule has 0 fully saturated rings. The van der Waals surface area contributed by atoms with Crippen LogP contribution in [0.1, 0.15) is 17.7 Å². The minimum absolute atomic E-state index is 0.0957. The number of aliphatic hydroxyl groups is 2. The van der Waals surface area contributed by atoms with Crippen molar-refractivity contribution >= 4 is 0 Å². The summed E-state index contributed by atoms with van der Waals surface area (Å²) in [5, 5.41) is 25.1. The average Bonchev–Trinajstić information content (AvgIpc) is 3.05. The van der Waals surface area contributed by atoms with Crippen molar-refractivity contribution in [2.45, 2.75) is 19.9 Å². The van der Waals surface area contributed by atoms with Crippen LogP contribution in [0.5, 0.6) is 0 Å². The zero-order valence-electron chi connectivity index (χ0n) is 11.7. The van der Waals surface area contributed by atoms with E-state index in [1.165, 1.54) is 0 Å². The van der Waals surface area contributed by atoms with Crippen molar-refractivity contribution in [2.24, 2.45) is 0 Å². The molecule has 0 aliphatic rings. The largest absolute Gasteiger partial charge is 0.460 e. The van der Waals surface area contributed by atoms with Crippen molar-refractivity contribution in [3.8, 4) is 11.5 Å². The Morgan fingerprint density at radius 1 is 1.25 bits per heavy atom. The van der Waals surface area contributed by atoms with Gasteiger partial charge in [0, 0.05) is 31.8 Å². The predicted octanol–water partition coefficient (Wildman–Crippen LogP) is 1.15. The summed E-state index contributed by atoms with van der Waals surface area (Å²) in [6.07, 6.45) is 2.46. The van der Waals surface area contributed by atoms with Crippen LogP contribution in [0.15, 0.2) is 22.7 Å². The fraction of sp³-hybridized carbons (Fsp3) is 0.500. The average molecular weight is 279 g/mol. The SMILES string of the molecule is Cc1ccc(-c2[nH]ncc2CN(CCO)CCCO)o1. The number of hydrogen-bond donors (Lipinski definition) is 3. The number of aromatic amines is 1. The van der Waals surface area contributed by atoms with Crippen LogP contribution in [0.4, 0.5) is 0 Å². The van der Waals surface area contributed by atoms with Gasteiger partial charge in [0.25, 0.3) is 0 Å². The maximum Gasteiger partial charge on any atom is 0.152 e. The lowest BCUT2D eigenvalue weighted by molar-refractivity contribution is 0.174. The third kappa shape index (κ3) is 3.69. The van der Waals surface area contributed by atoms with E-state index in [0.717, 1.165) is 29.3 Å². The molecule has 6 nitrogen and oxygen atoms in total. The van der Waals surface area contributed by atoms with Crippen molar-refractivity contribution in [1.29, 1.82) is 0 Å². The molecule has 0 aromatic carbocycles. The van der Waals surface area contributed by atoms with Crippen molar-refractivity contribution in [1.82, 2.24) is 15.1 Å². The Morgan fingerprint density at radius 2 is 2.10 bits per heavy atom. The first-order valence-corrected chi connectivity index (χ1v) is 6.77. The first-order chi connectivity index (χ1) is 9.74. The Labute approximate surface area is 118 Å². The summed E-state index contributed by atoms with van der Waals surface area (Å²) in [6.45, 7) is 4.11. The zero-order valence-corrected chi connectivity index (χ0v) is 11.7. The molecule has 0 saturated carbocycles. The number of furan rings is 1. The molecule has 2 aromatic heterocycles. The summed E-state index contributed by atoms with van der Waals surface area (Å²) < 4.78 is 5.61. The fourth-order valence-electron chi connectivity index (χ4n) is 2.16. The first kappa shape index (κ1) is 14.8. The van der Waals surface area contributed by atoms with Crippen LogP contribution in [0.3, 0.4) is 0 Å². The number of nitrogens with one attached hydrogen (secondary N) is 1. The van der Waals surface area contributed by atoms with Gasteiger partial charge in [-0.1, -0.05) is 0 Å². The van der Waals surface area contributed by atoms with Gasteiger partial charge in [-0.05, 0) is 25.5 Å². The maximum absolute atomic E-state index is 9.11. The number of nitrogens with zero attached hydrogens (tertiary/aromatic N) is 2. The molecule has 0 saturated heterocycles. The summed E-state index contributed by atoms with van der Waals surface area (Å²) in [4.78, 5) is 2.08. The second kappa shape index (κ2) is 7.23. The highest BCUT2D eigenvalue weighted by Gasteiger charge is 2.14. The third-order valence-electron chi connectivity index (χ3n) is 3.15. The smallest absolute Gasteiger partial charge is 0.152 e. The lowest BCUT2D eigenvalue weighted by atomic mass is 10.2. The Kier molecular flexibility index (Phi) is 5.34. The molecular formula is C14H21N3O3. The maximum atomic E-state index is 9.11. The second-order valence-corrected chi connectivity index (χ2v) is 4.76. The molecular weight excluding hydrogens is 258 g/mol. The minimum atomic E-state index is 0.0957. The van der Waals surface area contributed by atoms with Gasteiger partial charge in [-0.3, -0.25) is 10.00 Å². The summed E-state index contributed by atoms with van der Waals surface area (Å²) in [5.41, 5.74) is 1.88. The van der Waals surface area contributed by atoms with E-state index >= 15 is 0 Å². The van der Waals surface area contributed by atoms with Gasteiger partial charge in [0.2, 0.25) is 0 Å². The van der Waals surface area contributed by atoms with Crippen LogP contribution in [0.2, 0.25) is 0 Å². The van der Waals surface area contributed by atoms with E-state index in [1.807, 2.05) is 19.1 Å². The van der Waals surface area contributed by atoms with Gasteiger partial charge in [-0.2, -0.15) is 5.10 Å². The molecule has 2 aromatic rings. The van der Waals surface area contributed by atoms with Crippen molar-refractivity contribution in [2.75, 3.05) is 26.3 Å².